The van der Waals surface area contributed by atoms with E-state index in [1.54, 1.807) is 0 Å². The van der Waals surface area contributed by atoms with Gasteiger partial charge in [-0.1, -0.05) is 53.5 Å². The maximum absolute atomic E-state index is 9.01. The van der Waals surface area contributed by atoms with Crippen LogP contribution in [0.1, 0.15) is 17.5 Å². The van der Waals surface area contributed by atoms with Crippen LogP contribution in [0.25, 0.3) is 5.57 Å². The van der Waals surface area contributed by atoms with Crippen molar-refractivity contribution in [3.05, 3.63) is 75.8 Å². The summed E-state index contributed by atoms with van der Waals surface area (Å²) >= 11 is 11.8. The number of aliphatic hydroxyl groups excluding tert-OH is 1. The topological polar surface area (TPSA) is 20.2 Å². The molecule has 0 atom stereocenters. The maximum Gasteiger partial charge on any atom is 0.0465 e. The normalized spacial score (nSPS) is 10.3. The second-order valence-corrected chi connectivity index (χ2v) is 5.02. The fourth-order valence-corrected chi connectivity index (χ4v) is 2.12. The van der Waals surface area contributed by atoms with Crippen LogP contribution in [0.5, 0.6) is 0 Å². The van der Waals surface area contributed by atoms with Crippen LogP contribution in [0.15, 0.2) is 54.6 Å². The van der Waals surface area contributed by atoms with Crippen LogP contribution in [0.4, 0.5) is 0 Å². The first-order valence-electron chi connectivity index (χ1n) is 6.03. The number of hydrogen-bond donors (Lipinski definition) is 1. The van der Waals surface area contributed by atoms with E-state index in [2.05, 4.69) is 0 Å². The molecule has 2 rings (SSSR count). The zero-order chi connectivity index (χ0) is 13.7. The lowest BCUT2D eigenvalue weighted by Crippen LogP contribution is -1.89. The zero-order valence-electron chi connectivity index (χ0n) is 10.3. The molecule has 2 aromatic rings. The number of benzene rings is 2. The highest BCUT2D eigenvalue weighted by Gasteiger charge is 2.05. The van der Waals surface area contributed by atoms with Crippen molar-refractivity contribution in [2.24, 2.45) is 0 Å². The molecule has 0 spiro atoms. The molecular weight excluding hydrogens is 279 g/mol. The summed E-state index contributed by atoms with van der Waals surface area (Å²) in [7, 11) is 0. The summed E-state index contributed by atoms with van der Waals surface area (Å²) < 4.78 is 0. The summed E-state index contributed by atoms with van der Waals surface area (Å²) in [6.45, 7) is 0.130. The molecule has 0 saturated heterocycles. The zero-order valence-corrected chi connectivity index (χ0v) is 11.8. The molecule has 0 aliphatic carbocycles. The van der Waals surface area contributed by atoms with Crippen molar-refractivity contribution in [2.75, 3.05) is 6.61 Å². The van der Waals surface area contributed by atoms with Crippen LogP contribution in [0.3, 0.4) is 0 Å². The Morgan fingerprint density at radius 2 is 1.26 bits per heavy atom. The van der Waals surface area contributed by atoms with Gasteiger partial charge in [0.2, 0.25) is 0 Å². The van der Waals surface area contributed by atoms with Gasteiger partial charge in [-0.15, -0.1) is 0 Å². The van der Waals surface area contributed by atoms with E-state index in [9.17, 15) is 0 Å². The van der Waals surface area contributed by atoms with Crippen LogP contribution in [0, 0.1) is 0 Å². The molecule has 0 radical (unpaired) electrons. The lowest BCUT2D eigenvalue weighted by Gasteiger charge is -2.09. The number of aliphatic hydroxyl groups is 1. The Morgan fingerprint density at radius 3 is 1.63 bits per heavy atom. The van der Waals surface area contributed by atoms with E-state index in [-0.39, 0.29) is 6.61 Å². The van der Waals surface area contributed by atoms with Crippen LogP contribution in [0.2, 0.25) is 10.0 Å². The fraction of sp³-hybridized carbons (Fsp3) is 0.125. The summed E-state index contributed by atoms with van der Waals surface area (Å²) in [6, 6.07) is 15.3. The molecule has 0 amide bonds. The van der Waals surface area contributed by atoms with Crippen LogP contribution >= 0.6 is 23.2 Å². The molecule has 2 aromatic carbocycles. The molecule has 98 valence electrons. The van der Waals surface area contributed by atoms with Crippen LogP contribution in [-0.2, 0) is 0 Å². The highest BCUT2D eigenvalue weighted by Crippen LogP contribution is 2.26. The lowest BCUT2D eigenvalue weighted by atomic mass is 9.97. The molecule has 0 saturated carbocycles. The Labute approximate surface area is 123 Å². The van der Waals surface area contributed by atoms with Crippen molar-refractivity contribution in [1.82, 2.24) is 0 Å². The van der Waals surface area contributed by atoms with Crippen molar-refractivity contribution in [3.63, 3.8) is 0 Å². The van der Waals surface area contributed by atoms with E-state index in [4.69, 9.17) is 28.3 Å². The van der Waals surface area contributed by atoms with Gasteiger partial charge in [-0.05, 0) is 47.4 Å². The van der Waals surface area contributed by atoms with E-state index >= 15 is 0 Å². The largest absolute Gasteiger partial charge is 0.396 e. The SMILES string of the molecule is OCCC=C(c1ccc(Cl)cc1)c1ccc(Cl)cc1. The number of halogens is 2. The second-order valence-electron chi connectivity index (χ2n) is 4.14. The molecule has 0 unspecified atom stereocenters. The van der Waals surface area contributed by atoms with Crippen molar-refractivity contribution in [2.45, 2.75) is 6.42 Å². The quantitative estimate of drug-likeness (QED) is 0.858. The van der Waals surface area contributed by atoms with Crippen LogP contribution < -0.4 is 0 Å². The van der Waals surface area contributed by atoms with Crippen molar-refractivity contribution in [3.8, 4) is 0 Å². The Morgan fingerprint density at radius 1 is 0.842 bits per heavy atom. The molecule has 0 heterocycles. The third-order valence-electron chi connectivity index (χ3n) is 2.79. The summed E-state index contributed by atoms with van der Waals surface area (Å²) in [5.41, 5.74) is 3.21. The summed E-state index contributed by atoms with van der Waals surface area (Å²) in [4.78, 5) is 0. The van der Waals surface area contributed by atoms with Crippen LogP contribution in [-0.4, -0.2) is 11.7 Å². The molecule has 1 N–H and O–H groups in total. The van der Waals surface area contributed by atoms with E-state index in [1.165, 1.54) is 0 Å². The maximum atomic E-state index is 9.01. The molecule has 0 aliphatic rings. The monoisotopic (exact) mass is 292 g/mol. The van der Waals surface area contributed by atoms with E-state index in [1.807, 2.05) is 54.6 Å². The van der Waals surface area contributed by atoms with Gasteiger partial charge >= 0.3 is 0 Å². The van der Waals surface area contributed by atoms with Crippen molar-refractivity contribution >= 4 is 28.8 Å². The van der Waals surface area contributed by atoms with Gasteiger partial charge in [0, 0.05) is 16.7 Å². The number of hydrogen-bond acceptors (Lipinski definition) is 1. The predicted octanol–water partition coefficient (Wildman–Crippen LogP) is 4.81. The van der Waals surface area contributed by atoms with E-state index in [0.717, 1.165) is 16.7 Å². The molecule has 0 bridgehead atoms. The molecule has 0 fully saturated rings. The molecule has 19 heavy (non-hydrogen) atoms. The minimum atomic E-state index is 0.130. The first kappa shape index (κ1) is 14.1. The minimum absolute atomic E-state index is 0.130. The van der Waals surface area contributed by atoms with E-state index in [0.29, 0.717) is 16.5 Å². The molecular formula is C16H14Cl2O. The summed E-state index contributed by atoms with van der Waals surface area (Å²) in [6.07, 6.45) is 2.63. The molecule has 0 aliphatic heterocycles. The van der Waals surface area contributed by atoms with Gasteiger partial charge in [0.15, 0.2) is 0 Å². The predicted molar refractivity (Wildman–Crippen MR) is 81.7 cm³/mol. The van der Waals surface area contributed by atoms with Gasteiger partial charge in [0.05, 0.1) is 0 Å². The Balaban J connectivity index is 2.41. The Bertz CT molecular complexity index is 509. The average Bonchev–Trinajstić information content (AvgIpc) is 2.43. The fourth-order valence-electron chi connectivity index (χ4n) is 1.87. The van der Waals surface area contributed by atoms with Gasteiger partial charge in [0.25, 0.3) is 0 Å². The summed E-state index contributed by atoms with van der Waals surface area (Å²) in [5, 5.41) is 10.4. The molecule has 1 nitrogen and oxygen atoms in total. The Hall–Kier alpha value is -1.28. The van der Waals surface area contributed by atoms with E-state index < -0.39 is 0 Å². The smallest absolute Gasteiger partial charge is 0.0465 e. The average molecular weight is 293 g/mol. The van der Waals surface area contributed by atoms with Crippen molar-refractivity contribution < 1.29 is 5.11 Å². The third-order valence-corrected chi connectivity index (χ3v) is 3.29. The highest BCUT2D eigenvalue weighted by atomic mass is 35.5. The van der Waals surface area contributed by atoms with Gasteiger partial charge in [-0.25, -0.2) is 0 Å². The molecule has 0 aromatic heterocycles. The van der Waals surface area contributed by atoms with Gasteiger partial charge in [0.1, 0.15) is 0 Å². The summed E-state index contributed by atoms with van der Waals surface area (Å²) in [5.74, 6) is 0. The standard InChI is InChI=1S/C16H14Cl2O/c17-14-7-3-12(4-8-14)16(2-1-11-19)13-5-9-15(18)10-6-13/h2-10,19H,1,11H2. The highest BCUT2D eigenvalue weighted by molar-refractivity contribution is 6.31. The Kier molecular flexibility index (Phi) is 5.03. The van der Waals surface area contributed by atoms with Gasteiger partial charge in [-0.2, -0.15) is 0 Å². The third kappa shape index (κ3) is 3.84. The minimum Gasteiger partial charge on any atom is -0.396 e. The first-order chi connectivity index (χ1) is 9.20. The first-order valence-corrected chi connectivity index (χ1v) is 6.79. The van der Waals surface area contributed by atoms with Crippen molar-refractivity contribution in [1.29, 1.82) is 0 Å². The van der Waals surface area contributed by atoms with Gasteiger partial charge < -0.3 is 5.11 Å². The lowest BCUT2D eigenvalue weighted by molar-refractivity contribution is 0.303. The molecule has 3 heteroatoms. The second kappa shape index (κ2) is 6.76. The van der Waals surface area contributed by atoms with Gasteiger partial charge in [-0.3, -0.25) is 0 Å². The number of rotatable bonds is 4.